The number of carbonyl (C=O) groups excluding carboxylic acids is 1. The molecule has 1 rings (SSSR count). The predicted octanol–water partition coefficient (Wildman–Crippen LogP) is 2.03. The Morgan fingerprint density at radius 3 is 2.72 bits per heavy atom. The molecule has 0 aliphatic carbocycles. The van der Waals surface area contributed by atoms with Crippen LogP contribution in [0.3, 0.4) is 0 Å². The van der Waals surface area contributed by atoms with Crippen LogP contribution in [0.2, 0.25) is 0 Å². The Hall–Kier alpha value is -0.920. The second-order valence-corrected chi connectivity index (χ2v) is 4.54. The summed E-state index contributed by atoms with van der Waals surface area (Å²) in [6.45, 7) is -0.151. The van der Waals surface area contributed by atoms with Gasteiger partial charge in [-0.15, -0.1) is 23.7 Å². The van der Waals surface area contributed by atoms with Crippen molar-refractivity contribution in [3.05, 3.63) is 15.8 Å². The number of alkyl halides is 2. The Kier molecular flexibility index (Phi) is 7.81. The second kappa shape index (κ2) is 8.23. The number of carbonyl (C=O) groups is 1. The van der Waals surface area contributed by atoms with Crippen molar-refractivity contribution in [3.63, 3.8) is 0 Å². The summed E-state index contributed by atoms with van der Waals surface area (Å²) in [5, 5.41) is 5.47. The first kappa shape index (κ1) is 17.1. The van der Waals surface area contributed by atoms with Crippen LogP contribution in [0.1, 0.15) is 14.5 Å². The van der Waals surface area contributed by atoms with E-state index in [1.165, 1.54) is 6.07 Å². The molecule has 0 unspecified atom stereocenters. The highest BCUT2D eigenvalue weighted by Crippen LogP contribution is 2.29. The van der Waals surface area contributed by atoms with Crippen molar-refractivity contribution in [3.8, 4) is 5.75 Å². The number of rotatable bonds is 6. The molecule has 0 fully saturated rings. The number of halogens is 3. The van der Waals surface area contributed by atoms with E-state index in [1.807, 2.05) is 0 Å². The lowest BCUT2D eigenvalue weighted by Gasteiger charge is -2.06. The number of ether oxygens (including phenoxy) is 1. The van der Waals surface area contributed by atoms with Crippen LogP contribution >= 0.6 is 23.7 Å². The molecule has 18 heavy (non-hydrogen) atoms. The molecule has 0 spiro atoms. The van der Waals surface area contributed by atoms with Crippen molar-refractivity contribution in [1.29, 1.82) is 0 Å². The van der Waals surface area contributed by atoms with Crippen molar-refractivity contribution < 1.29 is 18.3 Å². The average Bonchev–Trinajstić information content (AvgIpc) is 2.58. The smallest absolute Gasteiger partial charge is 0.387 e. The highest BCUT2D eigenvalue weighted by atomic mass is 35.5. The monoisotopic (exact) mass is 300 g/mol. The van der Waals surface area contributed by atoms with Crippen LogP contribution in [0, 0.1) is 6.92 Å². The van der Waals surface area contributed by atoms with Gasteiger partial charge in [-0.25, -0.2) is 0 Å². The number of hydrogen-bond acceptors (Lipinski definition) is 4. The summed E-state index contributed by atoms with van der Waals surface area (Å²) in [7, 11) is 1.76. The van der Waals surface area contributed by atoms with Gasteiger partial charge in [0.25, 0.3) is 5.91 Å². The van der Waals surface area contributed by atoms with Gasteiger partial charge >= 0.3 is 6.61 Å². The molecule has 104 valence electrons. The van der Waals surface area contributed by atoms with E-state index in [4.69, 9.17) is 0 Å². The van der Waals surface area contributed by atoms with Crippen LogP contribution in [0.4, 0.5) is 8.78 Å². The van der Waals surface area contributed by atoms with Crippen LogP contribution in [0.5, 0.6) is 5.75 Å². The summed E-state index contributed by atoms with van der Waals surface area (Å²) < 4.78 is 28.5. The largest absolute Gasteiger partial charge is 0.433 e. The van der Waals surface area contributed by atoms with Gasteiger partial charge in [-0.05, 0) is 20.0 Å². The zero-order chi connectivity index (χ0) is 12.8. The molecule has 0 radical (unpaired) electrons. The predicted molar refractivity (Wildman–Crippen MR) is 69.2 cm³/mol. The fourth-order valence-electron chi connectivity index (χ4n) is 1.21. The molecule has 1 heterocycles. The minimum atomic E-state index is -2.92. The number of thiophene rings is 1. The standard InChI is InChI=1S/C10H14F2N2O2S.ClH/c1-6-5-7(16-10(11)12)8(17-6)9(15)14-4-3-13-2;/h5,10,13H,3-4H2,1-2H3,(H,14,15);1H. The maximum absolute atomic E-state index is 12.1. The summed E-state index contributed by atoms with van der Waals surface area (Å²) in [5.74, 6) is -0.460. The molecular weight excluding hydrogens is 286 g/mol. The van der Waals surface area contributed by atoms with Gasteiger partial charge in [-0.2, -0.15) is 8.78 Å². The van der Waals surface area contributed by atoms with E-state index in [1.54, 1.807) is 14.0 Å². The van der Waals surface area contributed by atoms with Crippen LogP contribution < -0.4 is 15.4 Å². The van der Waals surface area contributed by atoms with Gasteiger partial charge in [0.15, 0.2) is 0 Å². The van der Waals surface area contributed by atoms with E-state index in [0.29, 0.717) is 13.1 Å². The topological polar surface area (TPSA) is 50.4 Å². The zero-order valence-electron chi connectivity index (χ0n) is 9.96. The Balaban J connectivity index is 0.00000289. The van der Waals surface area contributed by atoms with Gasteiger partial charge in [-0.3, -0.25) is 4.79 Å². The molecule has 0 aromatic carbocycles. The molecular formula is C10H15ClF2N2O2S. The van der Waals surface area contributed by atoms with Gasteiger partial charge < -0.3 is 15.4 Å². The maximum Gasteiger partial charge on any atom is 0.387 e. The minimum absolute atomic E-state index is 0. The van der Waals surface area contributed by atoms with Gasteiger partial charge in [-0.1, -0.05) is 0 Å². The third-order valence-electron chi connectivity index (χ3n) is 1.90. The summed E-state index contributed by atoms with van der Waals surface area (Å²) in [5.41, 5.74) is 0. The van der Waals surface area contributed by atoms with Crippen molar-refractivity contribution in [2.75, 3.05) is 20.1 Å². The number of aryl methyl sites for hydroxylation is 1. The van der Waals surface area contributed by atoms with Crippen molar-refractivity contribution >= 4 is 29.7 Å². The number of hydrogen-bond donors (Lipinski definition) is 2. The lowest BCUT2D eigenvalue weighted by atomic mass is 10.3. The number of nitrogens with one attached hydrogen (secondary N) is 2. The van der Waals surface area contributed by atoms with Gasteiger partial charge in [0.2, 0.25) is 0 Å². The maximum atomic E-state index is 12.1. The molecule has 0 bridgehead atoms. The molecule has 1 aromatic rings. The zero-order valence-corrected chi connectivity index (χ0v) is 11.6. The first-order valence-corrected chi connectivity index (χ1v) is 5.84. The Morgan fingerprint density at radius 2 is 2.17 bits per heavy atom. The fraction of sp³-hybridized carbons (Fsp3) is 0.500. The van der Waals surface area contributed by atoms with Crippen LogP contribution in [0.25, 0.3) is 0 Å². The van der Waals surface area contributed by atoms with E-state index in [2.05, 4.69) is 15.4 Å². The Labute approximate surface area is 114 Å². The summed E-state index contributed by atoms with van der Waals surface area (Å²) in [6.07, 6.45) is 0. The highest BCUT2D eigenvalue weighted by Gasteiger charge is 2.18. The fourth-order valence-corrected chi connectivity index (χ4v) is 2.07. The molecule has 8 heteroatoms. The molecule has 2 N–H and O–H groups in total. The van der Waals surface area contributed by atoms with E-state index in [9.17, 15) is 13.6 Å². The van der Waals surface area contributed by atoms with Crippen molar-refractivity contribution in [2.24, 2.45) is 0 Å². The van der Waals surface area contributed by atoms with Crippen LogP contribution in [-0.4, -0.2) is 32.7 Å². The van der Waals surface area contributed by atoms with E-state index < -0.39 is 12.5 Å². The van der Waals surface area contributed by atoms with Crippen LogP contribution in [-0.2, 0) is 0 Å². The Bertz CT molecular complexity index is 388. The molecule has 0 atom stereocenters. The molecule has 0 aliphatic rings. The van der Waals surface area contributed by atoms with Crippen molar-refractivity contribution in [1.82, 2.24) is 10.6 Å². The summed E-state index contributed by atoms with van der Waals surface area (Å²) >= 11 is 1.13. The molecule has 4 nitrogen and oxygen atoms in total. The second-order valence-electron chi connectivity index (χ2n) is 3.29. The first-order chi connectivity index (χ1) is 8.04. The highest BCUT2D eigenvalue weighted by molar-refractivity contribution is 7.14. The SMILES string of the molecule is CNCCNC(=O)c1sc(C)cc1OC(F)F.Cl. The van der Waals surface area contributed by atoms with E-state index >= 15 is 0 Å². The van der Waals surface area contributed by atoms with Gasteiger partial charge in [0.05, 0.1) is 0 Å². The molecule has 0 saturated heterocycles. The molecule has 1 aromatic heterocycles. The third kappa shape index (κ3) is 5.16. The average molecular weight is 301 g/mol. The lowest BCUT2D eigenvalue weighted by molar-refractivity contribution is -0.0498. The Morgan fingerprint density at radius 1 is 1.50 bits per heavy atom. The number of likely N-dealkylation sites (N-methyl/N-ethyl adjacent to an activating group) is 1. The van der Waals surface area contributed by atoms with E-state index in [0.717, 1.165) is 16.2 Å². The van der Waals surface area contributed by atoms with Crippen molar-refractivity contribution in [2.45, 2.75) is 13.5 Å². The van der Waals surface area contributed by atoms with E-state index in [-0.39, 0.29) is 23.0 Å². The summed E-state index contributed by atoms with van der Waals surface area (Å²) in [4.78, 5) is 12.6. The molecule has 0 saturated carbocycles. The quantitative estimate of drug-likeness (QED) is 0.790. The lowest BCUT2D eigenvalue weighted by Crippen LogP contribution is -2.30. The van der Waals surface area contributed by atoms with Gasteiger partial charge in [0.1, 0.15) is 10.6 Å². The summed E-state index contributed by atoms with van der Waals surface area (Å²) in [6, 6.07) is 1.43. The van der Waals surface area contributed by atoms with Gasteiger partial charge in [0, 0.05) is 18.0 Å². The molecule has 1 amide bonds. The normalized spacial score (nSPS) is 10.1. The minimum Gasteiger partial charge on any atom is -0.433 e. The third-order valence-corrected chi connectivity index (χ3v) is 2.93. The first-order valence-electron chi connectivity index (χ1n) is 5.02. The molecule has 0 aliphatic heterocycles. The van der Waals surface area contributed by atoms with Crippen LogP contribution in [0.15, 0.2) is 6.07 Å². The number of amides is 1.